The van der Waals surface area contributed by atoms with Gasteiger partial charge < -0.3 is 4.74 Å². The van der Waals surface area contributed by atoms with Crippen molar-refractivity contribution in [3.8, 4) is 5.75 Å². The molecule has 0 radical (unpaired) electrons. The Hall–Kier alpha value is -2.99. The average Bonchev–Trinajstić information content (AvgIpc) is 2.58. The lowest BCUT2D eigenvalue weighted by Gasteiger charge is -2.30. The van der Waals surface area contributed by atoms with Crippen molar-refractivity contribution in [3.05, 3.63) is 65.2 Å². The molecule has 2 aromatic rings. The monoisotopic (exact) mass is 368 g/mol. The summed E-state index contributed by atoms with van der Waals surface area (Å²) in [6.07, 6.45) is 0. The van der Waals surface area contributed by atoms with Gasteiger partial charge in [0, 0.05) is 23.6 Å². The van der Waals surface area contributed by atoms with E-state index < -0.39 is 23.3 Å². The number of imide groups is 1. The molecule has 27 heavy (non-hydrogen) atoms. The molecular weight excluding hydrogens is 344 g/mol. The summed E-state index contributed by atoms with van der Waals surface area (Å²) >= 11 is 0. The second kappa shape index (κ2) is 8.14. The first-order chi connectivity index (χ1) is 12.6. The van der Waals surface area contributed by atoms with Crippen LogP contribution in [0.5, 0.6) is 5.75 Å². The Balaban J connectivity index is 2.34. The normalized spacial score (nSPS) is 11.0. The highest BCUT2D eigenvalue weighted by Gasteiger charge is 2.28. The molecule has 0 saturated carbocycles. The first-order valence-corrected chi connectivity index (χ1v) is 8.58. The van der Waals surface area contributed by atoms with E-state index >= 15 is 0 Å². The summed E-state index contributed by atoms with van der Waals surface area (Å²) in [6.45, 7) is 8.77. The van der Waals surface area contributed by atoms with Gasteiger partial charge in [0.25, 0.3) is 11.8 Å². The topological polar surface area (TPSA) is 75.7 Å². The number of nitrogens with one attached hydrogen (secondary N) is 1. The molecule has 2 aromatic carbocycles. The van der Waals surface area contributed by atoms with Crippen molar-refractivity contribution in [2.24, 2.45) is 0 Å². The van der Waals surface area contributed by atoms with Gasteiger partial charge in [-0.25, -0.2) is 10.4 Å². The summed E-state index contributed by atoms with van der Waals surface area (Å²) in [5, 5.41) is 1.02. The molecule has 0 aliphatic heterocycles. The minimum absolute atomic E-state index is 0.295. The highest BCUT2D eigenvalue weighted by Crippen LogP contribution is 2.16. The third-order valence-corrected chi connectivity index (χ3v) is 3.48. The van der Waals surface area contributed by atoms with Gasteiger partial charge in [0.15, 0.2) is 0 Å². The van der Waals surface area contributed by atoms with Crippen LogP contribution >= 0.6 is 0 Å². The number of aryl methyl sites for hydroxylation is 1. The first-order valence-electron chi connectivity index (χ1n) is 8.58. The van der Waals surface area contributed by atoms with Gasteiger partial charge in [-0.1, -0.05) is 17.7 Å². The van der Waals surface area contributed by atoms with Gasteiger partial charge >= 0.3 is 5.97 Å². The van der Waals surface area contributed by atoms with E-state index in [1.807, 2.05) is 33.8 Å². The van der Waals surface area contributed by atoms with E-state index in [4.69, 9.17) is 4.74 Å². The number of ether oxygens (including phenoxy) is 1. The minimum Gasteiger partial charge on any atom is -0.427 e. The summed E-state index contributed by atoms with van der Waals surface area (Å²) in [4.78, 5) is 37.0. The van der Waals surface area contributed by atoms with Crippen LogP contribution in [0.2, 0.25) is 0 Å². The molecule has 0 aromatic heterocycles. The summed E-state index contributed by atoms with van der Waals surface area (Å²) in [6, 6.07) is 13.1. The second-order valence-electron chi connectivity index (χ2n) is 7.30. The number of amides is 2. The lowest BCUT2D eigenvalue weighted by Crippen LogP contribution is -2.54. The molecule has 0 spiro atoms. The molecular formula is C21H24N2O4. The van der Waals surface area contributed by atoms with E-state index in [1.165, 1.54) is 31.2 Å². The number of rotatable bonds is 4. The van der Waals surface area contributed by atoms with E-state index in [2.05, 4.69) is 5.43 Å². The van der Waals surface area contributed by atoms with Gasteiger partial charge in [0.1, 0.15) is 5.75 Å². The highest BCUT2D eigenvalue weighted by atomic mass is 16.5. The molecule has 1 N–H and O–H groups in total. The molecule has 0 bridgehead atoms. The molecule has 0 saturated heterocycles. The second-order valence-corrected chi connectivity index (χ2v) is 7.30. The van der Waals surface area contributed by atoms with Crippen molar-refractivity contribution < 1.29 is 19.1 Å². The zero-order valence-corrected chi connectivity index (χ0v) is 16.2. The Labute approximate surface area is 159 Å². The van der Waals surface area contributed by atoms with Crippen LogP contribution in [0.1, 0.15) is 54.0 Å². The van der Waals surface area contributed by atoms with Crippen LogP contribution in [-0.2, 0) is 4.79 Å². The van der Waals surface area contributed by atoms with E-state index in [0.29, 0.717) is 16.9 Å². The van der Waals surface area contributed by atoms with Crippen LogP contribution in [-0.4, -0.2) is 28.3 Å². The molecule has 0 aliphatic carbocycles. The maximum absolute atomic E-state index is 13.0. The van der Waals surface area contributed by atoms with E-state index in [-0.39, 0.29) is 0 Å². The summed E-state index contributed by atoms with van der Waals surface area (Å²) in [7, 11) is 0. The molecule has 0 unspecified atom stereocenters. The summed E-state index contributed by atoms with van der Waals surface area (Å²) in [5.41, 5.74) is 4.10. The number of hydrogen-bond donors (Lipinski definition) is 1. The molecule has 6 nitrogen and oxygen atoms in total. The maximum atomic E-state index is 13.0. The predicted molar refractivity (Wildman–Crippen MR) is 102 cm³/mol. The SMILES string of the molecule is CC(=O)Oc1ccc(C(=O)N(NC(C)(C)C)C(=O)c2cccc(C)c2)cc1. The average molecular weight is 368 g/mol. The van der Waals surface area contributed by atoms with Crippen LogP contribution < -0.4 is 10.2 Å². The van der Waals surface area contributed by atoms with Gasteiger partial charge in [-0.2, -0.15) is 0 Å². The van der Waals surface area contributed by atoms with Crippen LogP contribution in [0.3, 0.4) is 0 Å². The van der Waals surface area contributed by atoms with Gasteiger partial charge in [-0.3, -0.25) is 14.4 Å². The quantitative estimate of drug-likeness (QED) is 0.387. The molecule has 2 rings (SSSR count). The molecule has 2 amide bonds. The van der Waals surface area contributed by atoms with E-state index in [0.717, 1.165) is 10.6 Å². The number of nitrogens with zero attached hydrogens (tertiary/aromatic N) is 1. The zero-order valence-electron chi connectivity index (χ0n) is 16.2. The van der Waals surface area contributed by atoms with Crippen molar-refractivity contribution in [1.29, 1.82) is 0 Å². The van der Waals surface area contributed by atoms with Gasteiger partial charge in [0.2, 0.25) is 0 Å². The van der Waals surface area contributed by atoms with Crippen molar-refractivity contribution >= 4 is 17.8 Å². The Bertz CT molecular complexity index is 851. The number of hydrazine groups is 1. The molecule has 142 valence electrons. The molecule has 0 fully saturated rings. The first kappa shape index (κ1) is 20.3. The fourth-order valence-electron chi connectivity index (χ4n) is 2.40. The number of carbonyl (C=O) groups excluding carboxylic acids is 3. The van der Waals surface area contributed by atoms with Gasteiger partial charge in [-0.15, -0.1) is 0 Å². The third kappa shape index (κ3) is 5.76. The smallest absolute Gasteiger partial charge is 0.308 e. The lowest BCUT2D eigenvalue weighted by molar-refractivity contribution is -0.131. The Kier molecular flexibility index (Phi) is 6.13. The highest BCUT2D eigenvalue weighted by molar-refractivity contribution is 6.10. The van der Waals surface area contributed by atoms with Crippen molar-refractivity contribution in [1.82, 2.24) is 10.4 Å². The molecule has 0 heterocycles. The van der Waals surface area contributed by atoms with E-state index in [9.17, 15) is 14.4 Å². The van der Waals surface area contributed by atoms with Crippen LogP contribution in [0, 0.1) is 6.92 Å². The molecule has 0 aliphatic rings. The Morgan fingerprint density at radius 1 is 0.926 bits per heavy atom. The van der Waals surface area contributed by atoms with Crippen LogP contribution in [0.4, 0.5) is 0 Å². The van der Waals surface area contributed by atoms with Crippen molar-refractivity contribution in [2.75, 3.05) is 0 Å². The molecule has 6 heteroatoms. The van der Waals surface area contributed by atoms with Crippen molar-refractivity contribution in [3.63, 3.8) is 0 Å². The Morgan fingerprint density at radius 2 is 1.52 bits per heavy atom. The maximum Gasteiger partial charge on any atom is 0.308 e. The number of hydrogen-bond acceptors (Lipinski definition) is 5. The number of esters is 1. The molecule has 0 atom stereocenters. The number of carbonyl (C=O) groups is 3. The predicted octanol–water partition coefficient (Wildman–Crippen LogP) is 3.51. The third-order valence-electron chi connectivity index (χ3n) is 3.48. The standard InChI is InChI=1S/C21H24N2O4/c1-14-7-6-8-17(13-14)20(26)23(22-21(3,4)5)19(25)16-9-11-18(12-10-16)27-15(2)24/h6-13,22H,1-5H3. The fraction of sp³-hybridized carbons (Fsp3) is 0.286. The zero-order chi connectivity index (χ0) is 20.2. The van der Waals surface area contributed by atoms with Crippen LogP contribution in [0.25, 0.3) is 0 Å². The van der Waals surface area contributed by atoms with Gasteiger partial charge in [-0.05, 0) is 64.1 Å². The summed E-state index contributed by atoms with van der Waals surface area (Å²) < 4.78 is 4.97. The lowest BCUT2D eigenvalue weighted by atomic mass is 10.1. The Morgan fingerprint density at radius 3 is 2.04 bits per heavy atom. The number of benzene rings is 2. The summed E-state index contributed by atoms with van der Waals surface area (Å²) in [5.74, 6) is -1.05. The largest absolute Gasteiger partial charge is 0.427 e. The minimum atomic E-state index is -0.507. The van der Waals surface area contributed by atoms with Crippen LogP contribution in [0.15, 0.2) is 48.5 Å². The van der Waals surface area contributed by atoms with E-state index in [1.54, 1.807) is 18.2 Å². The van der Waals surface area contributed by atoms with Crippen molar-refractivity contribution in [2.45, 2.75) is 40.2 Å². The fourth-order valence-corrected chi connectivity index (χ4v) is 2.40. The van der Waals surface area contributed by atoms with Gasteiger partial charge in [0.05, 0.1) is 0 Å².